The number of aryl methyl sites for hydroxylation is 1. The molecule has 0 saturated heterocycles. The van der Waals surface area contributed by atoms with Crippen molar-refractivity contribution in [3.63, 3.8) is 0 Å². The van der Waals surface area contributed by atoms with Crippen LogP contribution in [0, 0.1) is 36.0 Å². The number of rotatable bonds is 7. The maximum atomic E-state index is 12.8. The Bertz CT molecular complexity index is 921. The second kappa shape index (κ2) is 10.7. The van der Waals surface area contributed by atoms with Crippen molar-refractivity contribution in [2.24, 2.45) is 17.8 Å². The predicted octanol–water partition coefficient (Wildman–Crippen LogP) is 7.24. The Hall–Kier alpha value is -1.84. The quantitative estimate of drug-likeness (QED) is 0.186. The second-order valence-electron chi connectivity index (χ2n) is 8.85. The van der Waals surface area contributed by atoms with Gasteiger partial charge in [0.25, 0.3) is 0 Å². The number of hydrogen-bond acceptors (Lipinski definition) is 6. The zero-order valence-electron chi connectivity index (χ0n) is 18.8. The highest BCUT2D eigenvalue weighted by Crippen LogP contribution is 2.57. The lowest BCUT2D eigenvalue weighted by atomic mass is 9.83. The molecule has 0 amide bonds. The van der Waals surface area contributed by atoms with Crippen LogP contribution in [0.25, 0.3) is 0 Å². The lowest BCUT2D eigenvalue weighted by molar-refractivity contribution is -0.140. The van der Waals surface area contributed by atoms with Crippen LogP contribution in [0.5, 0.6) is 5.75 Å². The summed E-state index contributed by atoms with van der Waals surface area (Å²) < 4.78 is 12.4. The fourth-order valence-corrected chi connectivity index (χ4v) is 6.35. The molecular weight excluding hydrogens is 426 g/mol. The summed E-state index contributed by atoms with van der Waals surface area (Å²) in [6, 6.07) is 6.10. The van der Waals surface area contributed by atoms with Gasteiger partial charge in [0.05, 0.1) is 21.7 Å². The third-order valence-corrected chi connectivity index (χ3v) is 8.54. The van der Waals surface area contributed by atoms with Crippen molar-refractivity contribution in [1.29, 1.82) is 5.26 Å². The van der Waals surface area contributed by atoms with E-state index < -0.39 is 0 Å². The van der Waals surface area contributed by atoms with Crippen LogP contribution in [-0.4, -0.2) is 12.6 Å². The third-order valence-electron chi connectivity index (χ3n) is 5.79. The molecular formula is C25H31NO3S2. The molecule has 1 heterocycles. The second-order valence-corrected chi connectivity index (χ2v) is 11.1. The number of fused-ring (bicyclic) bond motifs is 1. The largest absolute Gasteiger partial charge is 0.493 e. The maximum absolute atomic E-state index is 12.8. The Labute approximate surface area is 194 Å². The molecule has 1 aromatic carbocycles. The van der Waals surface area contributed by atoms with Crippen molar-refractivity contribution in [2.45, 2.75) is 69.6 Å². The van der Waals surface area contributed by atoms with Gasteiger partial charge < -0.3 is 9.47 Å². The molecule has 1 saturated carbocycles. The number of carbonyl (C=O) groups is 1. The maximum Gasteiger partial charge on any atom is 0.314 e. The number of thioether (sulfide) groups is 2. The molecule has 6 heteroatoms. The smallest absolute Gasteiger partial charge is 0.314 e. The predicted molar refractivity (Wildman–Crippen MR) is 127 cm³/mol. The molecule has 4 nitrogen and oxygen atoms in total. The van der Waals surface area contributed by atoms with E-state index in [4.69, 9.17) is 9.47 Å². The van der Waals surface area contributed by atoms with E-state index in [0.717, 1.165) is 51.7 Å². The number of nitrogens with zero attached hydrogens (tertiary/aromatic N) is 1. The molecule has 0 spiro atoms. The molecule has 0 unspecified atom stereocenters. The first kappa shape index (κ1) is 23.8. The van der Waals surface area contributed by atoms with Gasteiger partial charge in [-0.15, -0.1) is 0 Å². The molecule has 0 aromatic heterocycles. The highest BCUT2D eigenvalue weighted by atomic mass is 32.2. The van der Waals surface area contributed by atoms with Gasteiger partial charge in [-0.3, -0.25) is 4.79 Å². The Kier molecular flexibility index (Phi) is 8.18. The molecule has 1 fully saturated rings. The molecule has 3 rings (SSSR count). The average Bonchev–Trinajstić information content (AvgIpc) is 3.17. The van der Waals surface area contributed by atoms with E-state index in [0.29, 0.717) is 35.5 Å². The van der Waals surface area contributed by atoms with Crippen LogP contribution in [0.1, 0.15) is 58.4 Å². The molecule has 0 N–H and O–H groups in total. The first-order valence-electron chi connectivity index (χ1n) is 11.0. The molecule has 1 aromatic rings. The Morgan fingerprint density at radius 2 is 1.90 bits per heavy atom. The summed E-state index contributed by atoms with van der Waals surface area (Å²) in [5.41, 5.74) is 1.55. The fraction of sp³-hybridized carbons (Fsp3) is 0.520. The summed E-state index contributed by atoms with van der Waals surface area (Å²) in [5.74, 6) is 2.04. The van der Waals surface area contributed by atoms with Gasteiger partial charge in [-0.05, 0) is 62.5 Å². The fourth-order valence-electron chi connectivity index (χ4n) is 3.65. The number of benzene rings is 1. The van der Waals surface area contributed by atoms with Gasteiger partial charge in [0.2, 0.25) is 0 Å². The van der Waals surface area contributed by atoms with E-state index in [1.807, 2.05) is 19.1 Å². The Morgan fingerprint density at radius 3 is 2.55 bits per heavy atom. The SMILES string of the molecule is C=C(OCCC(C)C)/C(C#N)=C1\Sc2c(C)ccc(OC(=O)C3CCC(C)CC3)c2S1. The van der Waals surface area contributed by atoms with Crippen molar-refractivity contribution < 1.29 is 14.3 Å². The first-order chi connectivity index (χ1) is 14.8. The molecule has 1 aliphatic heterocycles. The molecule has 31 heavy (non-hydrogen) atoms. The number of ether oxygens (including phenoxy) is 2. The van der Waals surface area contributed by atoms with Crippen molar-refractivity contribution in [3.8, 4) is 11.8 Å². The van der Waals surface area contributed by atoms with Gasteiger partial charge in [0.15, 0.2) is 0 Å². The Balaban J connectivity index is 1.77. The van der Waals surface area contributed by atoms with Crippen LogP contribution < -0.4 is 4.74 Å². The van der Waals surface area contributed by atoms with Gasteiger partial charge in [-0.25, -0.2) is 0 Å². The first-order valence-corrected chi connectivity index (χ1v) is 12.6. The Morgan fingerprint density at radius 1 is 1.23 bits per heavy atom. The van der Waals surface area contributed by atoms with Gasteiger partial charge in [0, 0.05) is 4.90 Å². The normalized spacial score (nSPS) is 21.9. The monoisotopic (exact) mass is 457 g/mol. The van der Waals surface area contributed by atoms with Crippen LogP contribution in [-0.2, 0) is 9.53 Å². The van der Waals surface area contributed by atoms with Crippen LogP contribution in [0.3, 0.4) is 0 Å². The minimum absolute atomic E-state index is 0.0222. The number of carbonyl (C=O) groups excluding carboxylic acids is 1. The van der Waals surface area contributed by atoms with Crippen molar-refractivity contribution in [3.05, 3.63) is 39.8 Å². The summed E-state index contributed by atoms with van der Waals surface area (Å²) in [6.45, 7) is 13.1. The molecule has 0 bridgehead atoms. The van der Waals surface area contributed by atoms with Gasteiger partial charge >= 0.3 is 5.97 Å². The number of hydrogen-bond donors (Lipinski definition) is 0. The van der Waals surface area contributed by atoms with Crippen molar-refractivity contribution >= 4 is 29.5 Å². The van der Waals surface area contributed by atoms with Gasteiger partial charge in [-0.2, -0.15) is 5.26 Å². The topological polar surface area (TPSA) is 59.3 Å². The van der Waals surface area contributed by atoms with E-state index in [2.05, 4.69) is 33.4 Å². The highest BCUT2D eigenvalue weighted by molar-refractivity contribution is 8.24. The highest BCUT2D eigenvalue weighted by Gasteiger charge is 2.31. The summed E-state index contributed by atoms with van der Waals surface area (Å²) in [6.07, 6.45) is 4.86. The minimum Gasteiger partial charge on any atom is -0.493 e. The van der Waals surface area contributed by atoms with Crippen LogP contribution in [0.4, 0.5) is 0 Å². The standard InChI is InChI=1S/C25H31NO3S2/c1-15(2)12-13-28-18(5)20(14-26)25-30-22-17(4)8-11-21(23(22)31-25)29-24(27)19-9-6-16(3)7-10-19/h8,11,15-16,19H,5-7,9-10,12-13H2,1-4H3/b25-20+. The van der Waals surface area contributed by atoms with Crippen LogP contribution in [0.2, 0.25) is 0 Å². The molecule has 166 valence electrons. The summed E-state index contributed by atoms with van der Waals surface area (Å²) in [7, 11) is 0. The zero-order valence-corrected chi connectivity index (χ0v) is 20.5. The summed E-state index contributed by atoms with van der Waals surface area (Å²) in [5, 5.41) is 9.76. The van der Waals surface area contributed by atoms with Gasteiger partial charge in [0.1, 0.15) is 23.2 Å². The minimum atomic E-state index is -0.136. The van der Waals surface area contributed by atoms with E-state index in [1.54, 1.807) is 0 Å². The summed E-state index contributed by atoms with van der Waals surface area (Å²) >= 11 is 3.00. The van der Waals surface area contributed by atoms with Crippen LogP contribution >= 0.6 is 23.5 Å². The number of nitriles is 1. The third kappa shape index (κ3) is 5.90. The molecule has 2 aliphatic rings. The van der Waals surface area contributed by atoms with E-state index in [-0.39, 0.29) is 11.9 Å². The lowest BCUT2D eigenvalue weighted by Crippen LogP contribution is -2.25. The molecule has 1 aliphatic carbocycles. The van der Waals surface area contributed by atoms with E-state index in [1.165, 1.54) is 23.5 Å². The van der Waals surface area contributed by atoms with E-state index in [9.17, 15) is 10.1 Å². The van der Waals surface area contributed by atoms with E-state index >= 15 is 0 Å². The lowest BCUT2D eigenvalue weighted by Gasteiger charge is -2.24. The summed E-state index contributed by atoms with van der Waals surface area (Å²) in [4.78, 5) is 14.7. The number of esters is 1. The van der Waals surface area contributed by atoms with Crippen molar-refractivity contribution in [2.75, 3.05) is 6.61 Å². The molecule has 0 atom stereocenters. The molecule has 0 radical (unpaired) electrons. The number of allylic oxidation sites excluding steroid dienone is 1. The van der Waals surface area contributed by atoms with Crippen LogP contribution in [0.15, 0.2) is 44.1 Å². The van der Waals surface area contributed by atoms with Crippen molar-refractivity contribution in [1.82, 2.24) is 0 Å². The zero-order chi connectivity index (χ0) is 22.5. The average molecular weight is 458 g/mol. The van der Waals surface area contributed by atoms with Gasteiger partial charge in [-0.1, -0.05) is 56.9 Å².